The van der Waals surface area contributed by atoms with Gasteiger partial charge in [-0.3, -0.25) is 4.79 Å². The van der Waals surface area contributed by atoms with Gasteiger partial charge in [0.05, 0.1) is 17.4 Å². The molecule has 2 aliphatic heterocycles. The van der Waals surface area contributed by atoms with Gasteiger partial charge in [-0.2, -0.15) is 23.5 Å². The SMILES string of the molecule is O=C(NC1(CO)CCSC1)C1CSCCS1. The van der Waals surface area contributed by atoms with Crippen molar-refractivity contribution in [3.05, 3.63) is 0 Å². The second-order valence-electron chi connectivity index (χ2n) is 4.16. The summed E-state index contributed by atoms with van der Waals surface area (Å²) < 4.78 is 0. The number of thioether (sulfide) groups is 3. The average molecular weight is 279 g/mol. The first-order valence-electron chi connectivity index (χ1n) is 5.46. The van der Waals surface area contributed by atoms with Crippen LogP contribution in [0.15, 0.2) is 0 Å². The Bertz CT molecular complexity index is 250. The van der Waals surface area contributed by atoms with Crippen LogP contribution in [0.5, 0.6) is 0 Å². The van der Waals surface area contributed by atoms with Gasteiger partial charge in [-0.15, -0.1) is 11.8 Å². The molecule has 0 aromatic rings. The Hall–Kier alpha value is 0.480. The Morgan fingerprint density at radius 2 is 2.25 bits per heavy atom. The van der Waals surface area contributed by atoms with Gasteiger partial charge < -0.3 is 10.4 Å². The van der Waals surface area contributed by atoms with Crippen molar-refractivity contribution >= 4 is 41.2 Å². The van der Waals surface area contributed by atoms with Crippen LogP contribution in [0.25, 0.3) is 0 Å². The largest absolute Gasteiger partial charge is 0.394 e. The van der Waals surface area contributed by atoms with Gasteiger partial charge in [0, 0.05) is 23.0 Å². The number of rotatable bonds is 3. The number of hydrogen-bond acceptors (Lipinski definition) is 5. The van der Waals surface area contributed by atoms with Crippen LogP contribution in [-0.2, 0) is 4.79 Å². The van der Waals surface area contributed by atoms with Crippen LogP contribution in [0.2, 0.25) is 0 Å². The Balaban J connectivity index is 1.89. The molecule has 0 aromatic carbocycles. The molecule has 0 aliphatic carbocycles. The van der Waals surface area contributed by atoms with Gasteiger partial charge in [-0.25, -0.2) is 0 Å². The monoisotopic (exact) mass is 279 g/mol. The van der Waals surface area contributed by atoms with Crippen molar-refractivity contribution in [2.75, 3.05) is 35.4 Å². The minimum atomic E-state index is -0.343. The lowest BCUT2D eigenvalue weighted by atomic mass is 10.00. The van der Waals surface area contributed by atoms with E-state index in [-0.39, 0.29) is 23.3 Å². The van der Waals surface area contributed by atoms with E-state index in [2.05, 4.69) is 5.32 Å². The van der Waals surface area contributed by atoms with E-state index in [1.807, 2.05) is 23.5 Å². The van der Waals surface area contributed by atoms with Gasteiger partial charge in [0.1, 0.15) is 0 Å². The van der Waals surface area contributed by atoms with E-state index < -0.39 is 0 Å². The molecule has 1 amide bonds. The molecular weight excluding hydrogens is 262 g/mol. The molecule has 0 spiro atoms. The molecule has 0 radical (unpaired) electrons. The Kier molecular flexibility index (Phi) is 4.76. The summed E-state index contributed by atoms with van der Waals surface area (Å²) in [5, 5.41) is 12.6. The summed E-state index contributed by atoms with van der Waals surface area (Å²) >= 11 is 5.40. The summed E-state index contributed by atoms with van der Waals surface area (Å²) in [6.07, 6.45) is 0.893. The first kappa shape index (κ1) is 12.9. The van der Waals surface area contributed by atoms with Gasteiger partial charge in [-0.1, -0.05) is 0 Å². The van der Waals surface area contributed by atoms with Crippen molar-refractivity contribution in [1.29, 1.82) is 0 Å². The number of aliphatic hydroxyl groups excluding tert-OH is 1. The summed E-state index contributed by atoms with van der Waals surface area (Å²) in [6.45, 7) is 0.0657. The third-order valence-corrected chi connectivity index (χ3v) is 6.91. The van der Waals surface area contributed by atoms with Crippen LogP contribution in [-0.4, -0.2) is 57.2 Å². The maximum absolute atomic E-state index is 12.1. The van der Waals surface area contributed by atoms with Crippen LogP contribution in [0.4, 0.5) is 0 Å². The van der Waals surface area contributed by atoms with E-state index in [9.17, 15) is 9.90 Å². The first-order valence-corrected chi connectivity index (χ1v) is 8.82. The molecule has 2 fully saturated rings. The number of carbonyl (C=O) groups is 1. The molecule has 0 bridgehead atoms. The first-order chi connectivity index (χ1) is 7.76. The van der Waals surface area contributed by atoms with Crippen LogP contribution >= 0.6 is 35.3 Å². The van der Waals surface area contributed by atoms with Crippen molar-refractivity contribution in [2.24, 2.45) is 0 Å². The van der Waals surface area contributed by atoms with Crippen molar-refractivity contribution in [1.82, 2.24) is 5.32 Å². The molecule has 2 saturated heterocycles. The van der Waals surface area contributed by atoms with Gasteiger partial charge in [0.15, 0.2) is 0 Å². The zero-order valence-corrected chi connectivity index (χ0v) is 11.6. The molecule has 2 aliphatic rings. The number of nitrogens with one attached hydrogen (secondary N) is 1. The number of hydrogen-bond donors (Lipinski definition) is 2. The van der Waals surface area contributed by atoms with Crippen molar-refractivity contribution in [3.8, 4) is 0 Å². The normalized spacial score (nSPS) is 34.9. The van der Waals surface area contributed by atoms with Gasteiger partial charge >= 0.3 is 0 Å². The second kappa shape index (κ2) is 5.89. The van der Waals surface area contributed by atoms with E-state index >= 15 is 0 Å². The van der Waals surface area contributed by atoms with Gasteiger partial charge in [0.25, 0.3) is 0 Å². The molecule has 2 heterocycles. The third kappa shape index (κ3) is 3.03. The zero-order chi connectivity index (χ0) is 11.4. The topological polar surface area (TPSA) is 49.3 Å². The third-order valence-electron chi connectivity index (χ3n) is 2.90. The molecule has 2 N–H and O–H groups in total. The minimum Gasteiger partial charge on any atom is -0.394 e. The maximum Gasteiger partial charge on any atom is 0.234 e. The lowest BCUT2D eigenvalue weighted by Gasteiger charge is -2.30. The Morgan fingerprint density at radius 3 is 2.81 bits per heavy atom. The van der Waals surface area contributed by atoms with Crippen LogP contribution < -0.4 is 5.32 Å². The van der Waals surface area contributed by atoms with E-state index in [0.717, 1.165) is 35.2 Å². The predicted molar refractivity (Wildman–Crippen MR) is 73.5 cm³/mol. The fourth-order valence-corrected chi connectivity index (χ4v) is 5.79. The van der Waals surface area contributed by atoms with E-state index in [1.165, 1.54) is 0 Å². The summed E-state index contributed by atoms with van der Waals surface area (Å²) in [4.78, 5) is 12.1. The van der Waals surface area contributed by atoms with Gasteiger partial charge in [-0.05, 0) is 12.2 Å². The summed E-state index contributed by atoms with van der Waals surface area (Å²) in [5.74, 6) is 5.12. The fourth-order valence-electron chi connectivity index (χ4n) is 1.85. The summed E-state index contributed by atoms with van der Waals surface area (Å²) in [5.41, 5.74) is -0.343. The van der Waals surface area contributed by atoms with E-state index in [1.54, 1.807) is 11.8 Å². The highest BCUT2D eigenvalue weighted by atomic mass is 32.2. The highest BCUT2D eigenvalue weighted by Crippen LogP contribution is 2.29. The lowest BCUT2D eigenvalue weighted by Crippen LogP contribution is -2.54. The summed E-state index contributed by atoms with van der Waals surface area (Å²) in [6, 6.07) is 0. The smallest absolute Gasteiger partial charge is 0.234 e. The Labute approximate surface area is 109 Å². The standard InChI is InChI=1S/C10H17NO2S3/c12-6-10(1-2-15-7-10)11-9(13)8-5-14-3-4-16-8/h8,12H,1-7H2,(H,11,13). The second-order valence-corrected chi connectivity index (χ2v) is 7.73. The van der Waals surface area contributed by atoms with E-state index in [4.69, 9.17) is 0 Å². The van der Waals surface area contributed by atoms with Crippen molar-refractivity contribution in [3.63, 3.8) is 0 Å². The molecule has 6 heteroatoms. The molecular formula is C10H17NO2S3. The van der Waals surface area contributed by atoms with Crippen LogP contribution in [0, 0.1) is 0 Å². The molecule has 0 aromatic heterocycles. The van der Waals surface area contributed by atoms with Crippen molar-refractivity contribution < 1.29 is 9.90 Å². The molecule has 0 saturated carbocycles. The highest BCUT2D eigenvalue weighted by Gasteiger charge is 2.37. The number of aliphatic hydroxyl groups is 1. The maximum atomic E-state index is 12.1. The minimum absolute atomic E-state index is 0.0657. The molecule has 2 rings (SSSR count). The highest BCUT2D eigenvalue weighted by molar-refractivity contribution is 8.07. The molecule has 92 valence electrons. The van der Waals surface area contributed by atoms with Crippen LogP contribution in [0.1, 0.15) is 6.42 Å². The molecule has 16 heavy (non-hydrogen) atoms. The number of carbonyl (C=O) groups excluding carboxylic acids is 1. The van der Waals surface area contributed by atoms with Crippen LogP contribution in [0.3, 0.4) is 0 Å². The van der Waals surface area contributed by atoms with Gasteiger partial charge in [0.2, 0.25) is 5.91 Å². The lowest BCUT2D eigenvalue weighted by molar-refractivity contribution is -0.122. The predicted octanol–water partition coefficient (Wildman–Crippen LogP) is 0.819. The average Bonchev–Trinajstić information content (AvgIpc) is 2.79. The zero-order valence-electron chi connectivity index (χ0n) is 9.11. The Morgan fingerprint density at radius 1 is 1.38 bits per heavy atom. The van der Waals surface area contributed by atoms with Crippen molar-refractivity contribution in [2.45, 2.75) is 17.2 Å². The molecule has 3 nitrogen and oxygen atoms in total. The number of amides is 1. The molecule has 2 atom stereocenters. The molecule has 2 unspecified atom stereocenters. The van der Waals surface area contributed by atoms with E-state index in [0.29, 0.717) is 0 Å². The summed E-state index contributed by atoms with van der Waals surface area (Å²) in [7, 11) is 0. The fraction of sp³-hybridized carbons (Fsp3) is 0.900. The quantitative estimate of drug-likeness (QED) is 0.801.